The molecule has 4 nitrogen and oxygen atoms in total. The third-order valence-corrected chi connectivity index (χ3v) is 4.93. The second kappa shape index (κ2) is 5.80. The van der Waals surface area contributed by atoms with Crippen LogP contribution in [0.25, 0.3) is 22.2 Å². The van der Waals surface area contributed by atoms with Crippen LogP contribution in [0.2, 0.25) is 0 Å². The van der Waals surface area contributed by atoms with E-state index in [0.29, 0.717) is 13.1 Å². The summed E-state index contributed by atoms with van der Waals surface area (Å²) < 4.78 is 0. The van der Waals surface area contributed by atoms with Gasteiger partial charge >= 0.3 is 0 Å². The number of hydrogen-bond donors (Lipinski definition) is 1. The zero-order valence-corrected chi connectivity index (χ0v) is 14.0. The van der Waals surface area contributed by atoms with E-state index in [9.17, 15) is 4.79 Å². The summed E-state index contributed by atoms with van der Waals surface area (Å²) in [5, 5.41) is 1.23. The summed E-state index contributed by atoms with van der Waals surface area (Å²) in [6.07, 6.45) is 0. The molecule has 1 aliphatic heterocycles. The van der Waals surface area contributed by atoms with Gasteiger partial charge in [0.25, 0.3) is 0 Å². The van der Waals surface area contributed by atoms with Crippen LogP contribution in [0.3, 0.4) is 0 Å². The summed E-state index contributed by atoms with van der Waals surface area (Å²) in [4.78, 5) is 19.6. The van der Waals surface area contributed by atoms with Gasteiger partial charge < -0.3 is 9.88 Å². The minimum atomic E-state index is 0.176. The third-order valence-electron chi connectivity index (χ3n) is 4.93. The molecular weight excluding hydrogens is 298 g/mol. The van der Waals surface area contributed by atoms with E-state index in [2.05, 4.69) is 58.4 Å². The van der Waals surface area contributed by atoms with Gasteiger partial charge in [0.05, 0.1) is 18.3 Å². The lowest BCUT2D eigenvalue weighted by molar-refractivity contribution is -0.136. The van der Waals surface area contributed by atoms with Gasteiger partial charge in [-0.3, -0.25) is 9.69 Å². The molecule has 2 heterocycles. The number of piperazine rings is 1. The number of amides is 1. The first-order chi connectivity index (χ1) is 11.6. The van der Waals surface area contributed by atoms with Gasteiger partial charge in [0.15, 0.2) is 0 Å². The number of likely N-dealkylation sites (N-methyl/N-ethyl adjacent to an activating group) is 2. The van der Waals surface area contributed by atoms with Gasteiger partial charge in [0.1, 0.15) is 0 Å². The number of benzene rings is 2. The Balaban J connectivity index is 1.91. The quantitative estimate of drug-likeness (QED) is 0.787. The van der Waals surface area contributed by atoms with E-state index in [-0.39, 0.29) is 11.9 Å². The van der Waals surface area contributed by atoms with Crippen LogP contribution in [0.15, 0.2) is 54.6 Å². The number of carbonyl (C=O) groups is 1. The summed E-state index contributed by atoms with van der Waals surface area (Å²) in [6.45, 7) is 1.16. The van der Waals surface area contributed by atoms with Gasteiger partial charge in [0, 0.05) is 30.1 Å². The number of para-hydroxylation sites is 1. The van der Waals surface area contributed by atoms with E-state index in [4.69, 9.17) is 0 Å². The minimum Gasteiger partial charge on any atom is -0.354 e. The van der Waals surface area contributed by atoms with E-state index in [1.807, 2.05) is 25.1 Å². The Bertz CT molecular complexity index is 884. The van der Waals surface area contributed by atoms with Crippen molar-refractivity contribution in [3.8, 4) is 11.3 Å². The number of nitrogens with zero attached hydrogens (tertiary/aromatic N) is 2. The number of aromatic nitrogens is 1. The first-order valence-electron chi connectivity index (χ1n) is 8.25. The molecule has 4 heteroatoms. The molecule has 122 valence electrons. The van der Waals surface area contributed by atoms with Crippen LogP contribution in [-0.2, 0) is 4.79 Å². The van der Waals surface area contributed by atoms with Gasteiger partial charge in [-0.05, 0) is 18.7 Å². The van der Waals surface area contributed by atoms with Crippen LogP contribution in [-0.4, -0.2) is 47.9 Å². The third kappa shape index (κ3) is 2.39. The lowest BCUT2D eigenvalue weighted by atomic mass is 9.96. The molecule has 1 amide bonds. The Kier molecular flexibility index (Phi) is 3.62. The predicted molar refractivity (Wildman–Crippen MR) is 96.7 cm³/mol. The standard InChI is InChI=1S/C20H21N3O/c1-22-13-18(24)23(2)12-17(22)19-15-10-6-7-11-16(15)21-20(19)14-8-4-3-5-9-14/h3-11,17,21H,12-13H2,1-2H3. The highest BCUT2D eigenvalue weighted by molar-refractivity contribution is 5.92. The Morgan fingerprint density at radius 3 is 2.50 bits per heavy atom. The second-order valence-corrected chi connectivity index (χ2v) is 6.53. The summed E-state index contributed by atoms with van der Waals surface area (Å²) in [5.41, 5.74) is 4.74. The summed E-state index contributed by atoms with van der Waals surface area (Å²) in [7, 11) is 3.92. The predicted octanol–water partition coefficient (Wildman–Crippen LogP) is 3.28. The molecule has 24 heavy (non-hydrogen) atoms. The maximum Gasteiger partial charge on any atom is 0.236 e. The molecule has 1 atom stereocenters. The van der Waals surface area contributed by atoms with Crippen molar-refractivity contribution in [3.63, 3.8) is 0 Å². The van der Waals surface area contributed by atoms with Gasteiger partial charge in [0.2, 0.25) is 5.91 Å². The molecule has 0 radical (unpaired) electrons. The Morgan fingerprint density at radius 1 is 1.00 bits per heavy atom. The van der Waals surface area contributed by atoms with Crippen molar-refractivity contribution >= 4 is 16.8 Å². The van der Waals surface area contributed by atoms with Gasteiger partial charge in [-0.1, -0.05) is 48.5 Å². The number of nitrogens with one attached hydrogen (secondary N) is 1. The van der Waals surface area contributed by atoms with E-state index in [1.165, 1.54) is 16.5 Å². The number of hydrogen-bond acceptors (Lipinski definition) is 2. The molecule has 0 saturated carbocycles. The molecule has 1 aromatic heterocycles. The molecule has 1 N–H and O–H groups in total. The van der Waals surface area contributed by atoms with Crippen LogP contribution < -0.4 is 0 Å². The molecule has 2 aromatic carbocycles. The molecular formula is C20H21N3O. The Labute approximate surface area is 141 Å². The highest BCUT2D eigenvalue weighted by Crippen LogP contribution is 2.38. The first kappa shape index (κ1) is 15.0. The molecule has 4 rings (SSSR count). The fraction of sp³-hybridized carbons (Fsp3) is 0.250. The van der Waals surface area contributed by atoms with Crippen molar-refractivity contribution < 1.29 is 4.79 Å². The van der Waals surface area contributed by atoms with Crippen molar-refractivity contribution in [1.82, 2.24) is 14.8 Å². The lowest BCUT2D eigenvalue weighted by Crippen LogP contribution is -2.48. The molecule has 1 saturated heterocycles. The Hall–Kier alpha value is -2.59. The fourth-order valence-electron chi connectivity index (χ4n) is 3.60. The number of H-pyrrole nitrogens is 1. The van der Waals surface area contributed by atoms with Crippen molar-refractivity contribution in [2.24, 2.45) is 0 Å². The summed E-state index contributed by atoms with van der Waals surface area (Å²) in [6, 6.07) is 19.0. The van der Waals surface area contributed by atoms with Crippen LogP contribution in [0.5, 0.6) is 0 Å². The second-order valence-electron chi connectivity index (χ2n) is 6.53. The zero-order chi connectivity index (χ0) is 16.7. The molecule has 1 fully saturated rings. The van der Waals surface area contributed by atoms with Crippen LogP contribution in [0, 0.1) is 0 Å². The van der Waals surface area contributed by atoms with Crippen LogP contribution in [0.1, 0.15) is 11.6 Å². The van der Waals surface area contributed by atoms with Crippen molar-refractivity contribution in [2.75, 3.05) is 27.2 Å². The highest BCUT2D eigenvalue weighted by Gasteiger charge is 2.32. The van der Waals surface area contributed by atoms with Crippen molar-refractivity contribution in [3.05, 3.63) is 60.2 Å². The van der Waals surface area contributed by atoms with Crippen molar-refractivity contribution in [1.29, 1.82) is 0 Å². The average molecular weight is 319 g/mol. The number of fused-ring (bicyclic) bond motifs is 1. The molecule has 0 spiro atoms. The smallest absolute Gasteiger partial charge is 0.236 e. The van der Waals surface area contributed by atoms with E-state index in [0.717, 1.165) is 11.2 Å². The van der Waals surface area contributed by atoms with Gasteiger partial charge in [-0.2, -0.15) is 0 Å². The molecule has 0 aliphatic carbocycles. The molecule has 1 aliphatic rings. The SMILES string of the molecule is CN1CC(c2c(-c3ccccc3)[nH]c3ccccc23)N(C)CC1=O. The van der Waals surface area contributed by atoms with E-state index < -0.39 is 0 Å². The maximum atomic E-state index is 12.0. The van der Waals surface area contributed by atoms with Gasteiger partial charge in [-0.15, -0.1) is 0 Å². The minimum absolute atomic E-state index is 0.176. The number of aromatic amines is 1. The first-order valence-corrected chi connectivity index (χ1v) is 8.25. The van der Waals surface area contributed by atoms with Crippen LogP contribution >= 0.6 is 0 Å². The zero-order valence-electron chi connectivity index (χ0n) is 14.0. The van der Waals surface area contributed by atoms with E-state index >= 15 is 0 Å². The average Bonchev–Trinajstić information content (AvgIpc) is 2.98. The van der Waals surface area contributed by atoms with Crippen LogP contribution in [0.4, 0.5) is 0 Å². The lowest BCUT2D eigenvalue weighted by Gasteiger charge is -2.37. The number of rotatable bonds is 2. The molecule has 0 bridgehead atoms. The largest absolute Gasteiger partial charge is 0.354 e. The maximum absolute atomic E-state index is 12.0. The Morgan fingerprint density at radius 2 is 1.71 bits per heavy atom. The van der Waals surface area contributed by atoms with E-state index in [1.54, 1.807) is 0 Å². The van der Waals surface area contributed by atoms with Gasteiger partial charge in [-0.25, -0.2) is 0 Å². The topological polar surface area (TPSA) is 39.3 Å². The molecule has 3 aromatic rings. The normalized spacial score (nSPS) is 19.2. The molecule has 1 unspecified atom stereocenters. The highest BCUT2D eigenvalue weighted by atomic mass is 16.2. The fourth-order valence-corrected chi connectivity index (χ4v) is 3.60. The van der Waals surface area contributed by atoms with Crippen molar-refractivity contribution in [2.45, 2.75) is 6.04 Å². The monoisotopic (exact) mass is 319 g/mol. The number of carbonyl (C=O) groups excluding carboxylic acids is 1. The summed E-state index contributed by atoms with van der Waals surface area (Å²) in [5.74, 6) is 0.176. The summed E-state index contributed by atoms with van der Waals surface area (Å²) >= 11 is 0.